The first-order valence-corrected chi connectivity index (χ1v) is 8.42. The van der Waals surface area contributed by atoms with Crippen molar-refractivity contribution in [1.29, 1.82) is 0 Å². The lowest BCUT2D eigenvalue weighted by Crippen LogP contribution is -2.24. The molecule has 0 aliphatic rings. The van der Waals surface area contributed by atoms with E-state index in [1.165, 1.54) is 28.7 Å². The maximum Gasteiger partial charge on any atom is -0.00984 e. The van der Waals surface area contributed by atoms with Gasteiger partial charge in [0.2, 0.25) is 0 Å². The van der Waals surface area contributed by atoms with Crippen LogP contribution in [0.25, 0.3) is 11.1 Å². The van der Waals surface area contributed by atoms with E-state index in [1.807, 2.05) is 0 Å². The smallest absolute Gasteiger partial charge is 0.00984 e. The molecule has 0 aromatic heterocycles. The second kappa shape index (κ2) is 6.28. The molecule has 2 aromatic rings. The van der Waals surface area contributed by atoms with Gasteiger partial charge in [-0.2, -0.15) is 0 Å². The Morgan fingerprint density at radius 2 is 1.45 bits per heavy atom. The largest absolute Gasteiger partial charge is 0.0622 e. The summed E-state index contributed by atoms with van der Waals surface area (Å²) in [6.07, 6.45) is 2.25. The van der Waals surface area contributed by atoms with Gasteiger partial charge in [0, 0.05) is 0 Å². The fourth-order valence-corrected chi connectivity index (χ4v) is 3.62. The van der Waals surface area contributed by atoms with E-state index < -0.39 is 0 Å². The van der Waals surface area contributed by atoms with Gasteiger partial charge in [-0.3, -0.25) is 0 Å². The SMILES string of the molecule is CCc1ccc(C(C)(C)CC(C)(C)C)cc1-c1ccccc1. The fraction of sp³-hybridized carbons (Fsp3) is 0.455. The summed E-state index contributed by atoms with van der Waals surface area (Å²) in [7, 11) is 0. The summed E-state index contributed by atoms with van der Waals surface area (Å²) in [6.45, 7) is 14.0. The highest BCUT2D eigenvalue weighted by Crippen LogP contribution is 2.38. The summed E-state index contributed by atoms with van der Waals surface area (Å²) < 4.78 is 0. The molecule has 0 amide bonds. The molecule has 0 heteroatoms. The van der Waals surface area contributed by atoms with Crippen LogP contribution in [0.5, 0.6) is 0 Å². The van der Waals surface area contributed by atoms with Gasteiger partial charge in [0.25, 0.3) is 0 Å². The average molecular weight is 294 g/mol. The molecule has 0 N–H and O–H groups in total. The van der Waals surface area contributed by atoms with E-state index in [-0.39, 0.29) is 5.41 Å². The third-order valence-corrected chi connectivity index (χ3v) is 4.33. The third kappa shape index (κ3) is 4.00. The van der Waals surface area contributed by atoms with Crippen LogP contribution in [0.3, 0.4) is 0 Å². The molecule has 22 heavy (non-hydrogen) atoms. The van der Waals surface area contributed by atoms with Crippen LogP contribution in [0.1, 0.15) is 59.1 Å². The van der Waals surface area contributed by atoms with E-state index >= 15 is 0 Å². The van der Waals surface area contributed by atoms with Crippen LogP contribution >= 0.6 is 0 Å². The van der Waals surface area contributed by atoms with Gasteiger partial charge in [-0.05, 0) is 45.9 Å². The number of benzene rings is 2. The molecule has 0 saturated carbocycles. The van der Waals surface area contributed by atoms with Gasteiger partial charge in [-0.1, -0.05) is 90.1 Å². The Labute approximate surface area is 136 Å². The van der Waals surface area contributed by atoms with Gasteiger partial charge in [0.1, 0.15) is 0 Å². The summed E-state index contributed by atoms with van der Waals surface area (Å²) in [5, 5.41) is 0. The lowest BCUT2D eigenvalue weighted by molar-refractivity contribution is 0.284. The second-order valence-corrected chi connectivity index (χ2v) is 8.21. The van der Waals surface area contributed by atoms with Crippen molar-refractivity contribution in [2.75, 3.05) is 0 Å². The second-order valence-electron chi connectivity index (χ2n) is 8.21. The van der Waals surface area contributed by atoms with Crippen molar-refractivity contribution in [3.8, 4) is 11.1 Å². The molecule has 2 aromatic carbocycles. The summed E-state index contributed by atoms with van der Waals surface area (Å²) in [4.78, 5) is 0. The Morgan fingerprint density at radius 3 is 2.00 bits per heavy atom. The zero-order valence-electron chi connectivity index (χ0n) is 15.0. The zero-order chi connectivity index (χ0) is 16.4. The minimum atomic E-state index is 0.189. The third-order valence-electron chi connectivity index (χ3n) is 4.33. The molecule has 0 bridgehead atoms. The van der Waals surface area contributed by atoms with E-state index in [0.29, 0.717) is 5.41 Å². The van der Waals surface area contributed by atoms with Crippen molar-refractivity contribution in [2.45, 2.75) is 59.8 Å². The highest BCUT2D eigenvalue weighted by molar-refractivity contribution is 5.68. The average Bonchev–Trinajstić information content (AvgIpc) is 2.45. The van der Waals surface area contributed by atoms with Crippen LogP contribution in [0.4, 0.5) is 0 Å². The molecule has 0 aliphatic carbocycles. The highest BCUT2D eigenvalue weighted by Gasteiger charge is 2.27. The summed E-state index contributed by atoms with van der Waals surface area (Å²) in [5.41, 5.74) is 6.11. The maximum atomic E-state index is 2.42. The van der Waals surface area contributed by atoms with Crippen LogP contribution in [0.2, 0.25) is 0 Å². The van der Waals surface area contributed by atoms with Gasteiger partial charge in [-0.25, -0.2) is 0 Å². The quantitative estimate of drug-likeness (QED) is 0.593. The monoisotopic (exact) mass is 294 g/mol. The van der Waals surface area contributed by atoms with Crippen molar-refractivity contribution in [3.63, 3.8) is 0 Å². The number of hydrogen-bond acceptors (Lipinski definition) is 0. The standard InChI is InChI=1S/C22H30/c1-7-17-13-14-19(22(5,6)16-21(2,3)4)15-20(17)18-11-9-8-10-12-18/h8-15H,7,16H2,1-6H3. The number of rotatable bonds is 4. The van der Waals surface area contributed by atoms with Crippen molar-refractivity contribution < 1.29 is 0 Å². The van der Waals surface area contributed by atoms with E-state index in [4.69, 9.17) is 0 Å². The Kier molecular flexibility index (Phi) is 4.80. The normalized spacial score (nSPS) is 12.5. The Bertz CT molecular complexity index is 612. The maximum absolute atomic E-state index is 2.42. The Balaban J connectivity index is 2.48. The minimum Gasteiger partial charge on any atom is -0.0622 e. The van der Waals surface area contributed by atoms with Gasteiger partial charge in [0.05, 0.1) is 0 Å². The molecule has 0 saturated heterocycles. The highest BCUT2D eigenvalue weighted by atomic mass is 14.3. The van der Waals surface area contributed by atoms with Crippen LogP contribution in [0, 0.1) is 5.41 Å². The van der Waals surface area contributed by atoms with Crippen molar-refractivity contribution >= 4 is 0 Å². The first-order chi connectivity index (χ1) is 10.2. The van der Waals surface area contributed by atoms with E-state index in [0.717, 1.165) is 6.42 Å². The van der Waals surface area contributed by atoms with Crippen molar-refractivity contribution in [1.82, 2.24) is 0 Å². The Hall–Kier alpha value is -1.56. The lowest BCUT2D eigenvalue weighted by atomic mass is 9.71. The summed E-state index contributed by atoms with van der Waals surface area (Å²) in [5.74, 6) is 0. The van der Waals surface area contributed by atoms with Crippen LogP contribution < -0.4 is 0 Å². The minimum absolute atomic E-state index is 0.189. The van der Waals surface area contributed by atoms with Gasteiger partial charge in [0.15, 0.2) is 0 Å². The lowest BCUT2D eigenvalue weighted by Gasteiger charge is -2.33. The molecule has 0 aliphatic heterocycles. The predicted molar refractivity (Wildman–Crippen MR) is 98.4 cm³/mol. The van der Waals surface area contributed by atoms with Crippen LogP contribution in [0.15, 0.2) is 48.5 Å². The Morgan fingerprint density at radius 1 is 0.818 bits per heavy atom. The van der Waals surface area contributed by atoms with Gasteiger partial charge < -0.3 is 0 Å². The summed E-state index contributed by atoms with van der Waals surface area (Å²) >= 11 is 0. The van der Waals surface area contributed by atoms with Crippen LogP contribution in [-0.4, -0.2) is 0 Å². The molecule has 0 fully saturated rings. The van der Waals surface area contributed by atoms with Crippen molar-refractivity contribution in [3.05, 3.63) is 59.7 Å². The molecule has 0 heterocycles. The fourth-order valence-electron chi connectivity index (χ4n) is 3.62. The molecule has 0 radical (unpaired) electrons. The van der Waals surface area contributed by atoms with E-state index in [2.05, 4.69) is 90.1 Å². The molecular weight excluding hydrogens is 264 g/mol. The predicted octanol–water partition coefficient (Wildman–Crippen LogP) is 6.63. The van der Waals surface area contributed by atoms with Crippen molar-refractivity contribution in [2.24, 2.45) is 5.41 Å². The molecule has 2 rings (SSSR count). The van der Waals surface area contributed by atoms with E-state index in [1.54, 1.807) is 0 Å². The molecule has 118 valence electrons. The zero-order valence-corrected chi connectivity index (χ0v) is 15.0. The topological polar surface area (TPSA) is 0 Å². The number of hydrogen-bond donors (Lipinski definition) is 0. The van der Waals surface area contributed by atoms with Crippen LogP contribution in [-0.2, 0) is 11.8 Å². The molecule has 0 atom stereocenters. The summed E-state index contributed by atoms with van der Waals surface area (Å²) in [6, 6.07) is 17.8. The molecule has 0 spiro atoms. The first-order valence-electron chi connectivity index (χ1n) is 8.42. The number of aryl methyl sites for hydroxylation is 1. The van der Waals surface area contributed by atoms with E-state index in [9.17, 15) is 0 Å². The van der Waals surface area contributed by atoms with Gasteiger partial charge >= 0.3 is 0 Å². The molecule has 0 nitrogen and oxygen atoms in total. The molecular formula is C22H30. The van der Waals surface area contributed by atoms with Gasteiger partial charge in [-0.15, -0.1) is 0 Å². The first kappa shape index (κ1) is 16.8. The molecule has 0 unspecified atom stereocenters.